The van der Waals surface area contributed by atoms with Gasteiger partial charge >= 0.3 is 5.97 Å². The van der Waals surface area contributed by atoms with E-state index in [-0.39, 0.29) is 11.7 Å². The van der Waals surface area contributed by atoms with Crippen LogP contribution in [-0.4, -0.2) is 30.5 Å². The Hall–Kier alpha value is -2.02. The molecule has 0 radical (unpaired) electrons. The average molecular weight is 370 g/mol. The van der Waals surface area contributed by atoms with E-state index in [1.165, 1.54) is 13.2 Å². The Morgan fingerprint density at radius 1 is 1.32 bits per heavy atom. The van der Waals surface area contributed by atoms with Gasteiger partial charge in [0.2, 0.25) is 5.76 Å². The number of aromatic carboxylic acids is 1. The summed E-state index contributed by atoms with van der Waals surface area (Å²) in [4.78, 5) is 11.0. The van der Waals surface area contributed by atoms with Crippen LogP contribution in [0.25, 0.3) is 11.3 Å². The van der Waals surface area contributed by atoms with Crippen LogP contribution in [0.5, 0.6) is 11.5 Å². The van der Waals surface area contributed by atoms with Crippen LogP contribution >= 0.6 is 15.9 Å². The van der Waals surface area contributed by atoms with Crippen LogP contribution in [0.3, 0.4) is 0 Å². The molecule has 7 heteroatoms. The molecule has 1 heterocycles. The molecule has 0 saturated carbocycles. The van der Waals surface area contributed by atoms with E-state index in [0.29, 0.717) is 17.2 Å². The average Bonchev–Trinajstić information content (AvgIpc) is 2.95. The van der Waals surface area contributed by atoms with Crippen molar-refractivity contribution < 1.29 is 23.9 Å². The van der Waals surface area contributed by atoms with Crippen molar-refractivity contribution in [1.82, 2.24) is 5.16 Å². The number of nitrogens with zero attached hydrogens (tertiary/aromatic N) is 1. The number of rotatable bonds is 5. The van der Waals surface area contributed by atoms with E-state index >= 15 is 0 Å². The molecule has 118 valence electrons. The van der Waals surface area contributed by atoms with Crippen LogP contribution in [0.4, 0.5) is 0 Å². The highest BCUT2D eigenvalue weighted by Crippen LogP contribution is 2.45. The third kappa shape index (κ3) is 2.81. The Morgan fingerprint density at radius 3 is 2.45 bits per heavy atom. The van der Waals surface area contributed by atoms with Crippen molar-refractivity contribution in [2.24, 2.45) is 0 Å². The van der Waals surface area contributed by atoms with Gasteiger partial charge in [-0.2, -0.15) is 0 Å². The van der Waals surface area contributed by atoms with Crippen molar-refractivity contribution in [3.8, 4) is 22.8 Å². The first-order valence-electron chi connectivity index (χ1n) is 6.55. The Balaban J connectivity index is 2.72. The van der Waals surface area contributed by atoms with Crippen LogP contribution in [0.2, 0.25) is 0 Å². The summed E-state index contributed by atoms with van der Waals surface area (Å²) in [5.74, 6) is -0.125. The maximum absolute atomic E-state index is 11.0. The van der Waals surface area contributed by atoms with E-state index in [1.807, 2.05) is 13.8 Å². The highest BCUT2D eigenvalue weighted by molar-refractivity contribution is 9.10. The SMILES string of the molecule is COc1cc(-c2cc(C(=O)O)on2)c(C(C)C)c(Br)c1OC. The van der Waals surface area contributed by atoms with Crippen LogP contribution in [0.15, 0.2) is 21.1 Å². The monoisotopic (exact) mass is 369 g/mol. The maximum Gasteiger partial charge on any atom is 0.374 e. The normalized spacial score (nSPS) is 10.8. The fourth-order valence-electron chi connectivity index (χ4n) is 2.24. The smallest absolute Gasteiger partial charge is 0.374 e. The van der Waals surface area contributed by atoms with E-state index in [9.17, 15) is 4.79 Å². The van der Waals surface area contributed by atoms with E-state index in [0.717, 1.165) is 15.6 Å². The number of carbonyl (C=O) groups is 1. The van der Waals surface area contributed by atoms with Crippen LogP contribution in [0.1, 0.15) is 35.9 Å². The molecule has 0 fully saturated rings. The first kappa shape index (κ1) is 16.4. The van der Waals surface area contributed by atoms with Gasteiger partial charge in [0.1, 0.15) is 5.69 Å². The number of carboxylic acids is 1. The van der Waals surface area contributed by atoms with Crippen LogP contribution in [-0.2, 0) is 0 Å². The fourth-order valence-corrected chi connectivity index (χ4v) is 3.27. The second-order valence-corrected chi connectivity index (χ2v) is 5.72. The first-order chi connectivity index (χ1) is 10.4. The molecular formula is C15H16BrNO5. The van der Waals surface area contributed by atoms with Crippen LogP contribution in [0, 0.1) is 0 Å². The van der Waals surface area contributed by atoms with Crippen molar-refractivity contribution in [1.29, 1.82) is 0 Å². The maximum atomic E-state index is 11.0. The van der Waals surface area contributed by atoms with Gasteiger partial charge in [0, 0.05) is 11.6 Å². The summed E-state index contributed by atoms with van der Waals surface area (Å²) in [7, 11) is 3.10. The molecule has 1 aromatic heterocycles. The molecule has 0 spiro atoms. The minimum absolute atomic E-state index is 0.147. The molecule has 1 N–H and O–H groups in total. The molecule has 0 aliphatic rings. The molecule has 0 atom stereocenters. The topological polar surface area (TPSA) is 81.8 Å². The highest BCUT2D eigenvalue weighted by atomic mass is 79.9. The number of methoxy groups -OCH3 is 2. The van der Waals surface area contributed by atoms with Crippen LogP contribution < -0.4 is 9.47 Å². The summed E-state index contributed by atoms with van der Waals surface area (Å²) in [5, 5.41) is 12.8. The first-order valence-corrected chi connectivity index (χ1v) is 7.34. The molecule has 0 amide bonds. The van der Waals surface area contributed by atoms with E-state index in [4.69, 9.17) is 19.1 Å². The summed E-state index contributed by atoms with van der Waals surface area (Å²) in [6.45, 7) is 4.04. The predicted molar refractivity (Wildman–Crippen MR) is 83.8 cm³/mol. The molecule has 0 aliphatic heterocycles. The van der Waals surface area contributed by atoms with Gasteiger partial charge < -0.3 is 19.1 Å². The number of carboxylic acid groups (broad SMARTS) is 1. The van der Waals surface area contributed by atoms with Crippen molar-refractivity contribution in [3.05, 3.63) is 27.9 Å². The van der Waals surface area contributed by atoms with Crippen molar-refractivity contribution in [3.63, 3.8) is 0 Å². The molecule has 2 aromatic rings. The number of halogens is 1. The molecule has 0 bridgehead atoms. The van der Waals surface area contributed by atoms with Gasteiger partial charge in [-0.15, -0.1) is 0 Å². The van der Waals surface area contributed by atoms with Crippen molar-refractivity contribution in [2.75, 3.05) is 14.2 Å². The van der Waals surface area contributed by atoms with Gasteiger partial charge in [-0.25, -0.2) is 4.79 Å². The lowest BCUT2D eigenvalue weighted by Crippen LogP contribution is -2.00. The molecular weight excluding hydrogens is 354 g/mol. The lowest BCUT2D eigenvalue weighted by molar-refractivity contribution is 0.0652. The second-order valence-electron chi connectivity index (χ2n) is 4.92. The molecule has 22 heavy (non-hydrogen) atoms. The van der Waals surface area contributed by atoms with Gasteiger partial charge in [-0.05, 0) is 33.5 Å². The van der Waals surface area contributed by atoms with Gasteiger partial charge in [0.15, 0.2) is 11.5 Å². The van der Waals surface area contributed by atoms with Crippen molar-refractivity contribution >= 4 is 21.9 Å². The zero-order valence-corrected chi connectivity index (χ0v) is 14.2. The molecule has 0 aliphatic carbocycles. The van der Waals surface area contributed by atoms with Gasteiger partial charge in [0.05, 0.1) is 18.7 Å². The zero-order valence-electron chi connectivity index (χ0n) is 12.6. The van der Waals surface area contributed by atoms with Gasteiger partial charge in [-0.3, -0.25) is 0 Å². The molecule has 2 rings (SSSR count). The van der Waals surface area contributed by atoms with Crippen molar-refractivity contribution in [2.45, 2.75) is 19.8 Å². The summed E-state index contributed by atoms with van der Waals surface area (Å²) in [6.07, 6.45) is 0. The summed E-state index contributed by atoms with van der Waals surface area (Å²) in [6, 6.07) is 3.16. The lowest BCUT2D eigenvalue weighted by Gasteiger charge is -2.18. The standard InChI is InChI=1S/C15H16BrNO5/c1-7(2)12-8(9-6-11(15(18)19)22-17-9)5-10(20-3)14(21-4)13(12)16/h5-7H,1-4H3,(H,18,19). The largest absolute Gasteiger partial charge is 0.493 e. The van der Waals surface area contributed by atoms with E-state index in [1.54, 1.807) is 13.2 Å². The number of ether oxygens (including phenoxy) is 2. The van der Waals surface area contributed by atoms with E-state index < -0.39 is 5.97 Å². The number of benzene rings is 1. The van der Waals surface area contributed by atoms with Gasteiger partial charge in [-0.1, -0.05) is 19.0 Å². The summed E-state index contributed by atoms with van der Waals surface area (Å²) < 4.78 is 16.3. The molecule has 0 unspecified atom stereocenters. The lowest BCUT2D eigenvalue weighted by atomic mass is 9.94. The Morgan fingerprint density at radius 2 is 2.00 bits per heavy atom. The Bertz CT molecular complexity index is 708. The molecule has 6 nitrogen and oxygen atoms in total. The summed E-state index contributed by atoms with van der Waals surface area (Å²) >= 11 is 3.54. The number of hydrogen-bond acceptors (Lipinski definition) is 5. The minimum atomic E-state index is -1.16. The molecule has 0 saturated heterocycles. The third-order valence-electron chi connectivity index (χ3n) is 3.22. The Labute approximate surface area is 136 Å². The molecule has 1 aromatic carbocycles. The Kier molecular flexibility index (Phi) is 4.75. The highest BCUT2D eigenvalue weighted by Gasteiger charge is 2.23. The predicted octanol–water partition coefficient (Wildman–Crippen LogP) is 3.94. The zero-order chi connectivity index (χ0) is 16.4. The van der Waals surface area contributed by atoms with Gasteiger partial charge in [0.25, 0.3) is 0 Å². The number of aromatic nitrogens is 1. The fraction of sp³-hybridized carbons (Fsp3) is 0.333. The quantitative estimate of drug-likeness (QED) is 0.859. The third-order valence-corrected chi connectivity index (χ3v) is 4.01. The summed E-state index contributed by atoms with van der Waals surface area (Å²) in [5.41, 5.74) is 2.10. The minimum Gasteiger partial charge on any atom is -0.493 e. The second kappa shape index (κ2) is 6.39. The van der Waals surface area contributed by atoms with E-state index in [2.05, 4.69) is 21.1 Å². The number of hydrogen-bond donors (Lipinski definition) is 1.